The molecule has 4 rings (SSSR count). The molecular weight excluding hydrogens is 318 g/mol. The van der Waals surface area contributed by atoms with E-state index in [0.29, 0.717) is 17.6 Å². The smallest absolute Gasteiger partial charge is 0.226 e. The van der Waals surface area contributed by atoms with Crippen molar-refractivity contribution in [3.8, 4) is 0 Å². The van der Waals surface area contributed by atoms with Gasteiger partial charge in [0.2, 0.25) is 5.91 Å². The predicted octanol–water partition coefficient (Wildman–Crippen LogP) is 3.81. The summed E-state index contributed by atoms with van der Waals surface area (Å²) < 4.78 is 0. The van der Waals surface area contributed by atoms with Crippen LogP contribution < -0.4 is 0 Å². The first-order valence-electron chi connectivity index (χ1n) is 7.93. The molecule has 0 bridgehead atoms. The van der Waals surface area contributed by atoms with Crippen molar-refractivity contribution in [1.82, 2.24) is 14.9 Å². The average molecular weight is 336 g/mol. The number of thiophene rings is 1. The van der Waals surface area contributed by atoms with E-state index in [-0.39, 0.29) is 5.92 Å². The Hall–Kier alpha value is -1.20. The van der Waals surface area contributed by atoms with Gasteiger partial charge in [0.1, 0.15) is 16.3 Å². The van der Waals surface area contributed by atoms with Gasteiger partial charge >= 0.3 is 0 Å². The third kappa shape index (κ3) is 2.40. The summed E-state index contributed by atoms with van der Waals surface area (Å²) in [5.74, 6) is 0.591. The topological polar surface area (TPSA) is 46.1 Å². The number of fused-ring (bicyclic) bond motifs is 3. The third-order valence-electron chi connectivity index (χ3n) is 4.86. The molecule has 4 nitrogen and oxygen atoms in total. The molecule has 3 heterocycles. The largest absolute Gasteiger partial charge is 0.337 e. The highest BCUT2D eigenvalue weighted by Gasteiger charge is 2.30. The summed E-state index contributed by atoms with van der Waals surface area (Å²) in [5, 5.41) is 1.53. The van der Waals surface area contributed by atoms with Crippen LogP contribution in [0.25, 0.3) is 10.2 Å². The minimum atomic E-state index is 0.244. The van der Waals surface area contributed by atoms with Gasteiger partial charge < -0.3 is 4.90 Å². The molecule has 0 aromatic carbocycles. The highest BCUT2D eigenvalue weighted by molar-refractivity contribution is 7.19. The van der Waals surface area contributed by atoms with Gasteiger partial charge in [-0.15, -0.1) is 11.3 Å². The highest BCUT2D eigenvalue weighted by Crippen LogP contribution is 2.37. The molecule has 2 aromatic heterocycles. The molecule has 1 amide bonds. The van der Waals surface area contributed by atoms with Crippen LogP contribution in [0.4, 0.5) is 0 Å². The van der Waals surface area contributed by atoms with Crippen LogP contribution in [-0.2, 0) is 17.8 Å². The lowest BCUT2D eigenvalue weighted by atomic mass is 9.88. The van der Waals surface area contributed by atoms with E-state index < -0.39 is 0 Å². The lowest BCUT2D eigenvalue weighted by molar-refractivity contribution is -0.137. The Morgan fingerprint density at radius 1 is 1.27 bits per heavy atom. The summed E-state index contributed by atoms with van der Waals surface area (Å²) in [6.45, 7) is 1.50. The normalized spacial score (nSPS) is 19.4. The van der Waals surface area contributed by atoms with E-state index in [2.05, 4.69) is 9.97 Å². The predicted molar refractivity (Wildman–Crippen MR) is 88.1 cm³/mol. The lowest BCUT2D eigenvalue weighted by Crippen LogP contribution is -2.39. The second-order valence-corrected chi connectivity index (χ2v) is 7.63. The number of amides is 1. The number of halogens is 1. The van der Waals surface area contributed by atoms with Crippen molar-refractivity contribution in [3.05, 3.63) is 21.9 Å². The van der Waals surface area contributed by atoms with Crippen molar-refractivity contribution >= 4 is 39.1 Å². The number of rotatable bonds is 1. The zero-order chi connectivity index (χ0) is 15.1. The summed E-state index contributed by atoms with van der Waals surface area (Å²) >= 11 is 7.88. The Balaban J connectivity index is 1.60. The summed E-state index contributed by atoms with van der Waals surface area (Å²) in [6, 6.07) is 0. The first-order chi connectivity index (χ1) is 10.7. The van der Waals surface area contributed by atoms with E-state index in [0.717, 1.165) is 36.0 Å². The van der Waals surface area contributed by atoms with Crippen molar-refractivity contribution in [2.75, 3.05) is 6.54 Å². The van der Waals surface area contributed by atoms with E-state index in [4.69, 9.17) is 11.6 Å². The van der Waals surface area contributed by atoms with Gasteiger partial charge in [-0.25, -0.2) is 9.97 Å². The summed E-state index contributed by atoms with van der Waals surface area (Å²) in [4.78, 5) is 25.4. The zero-order valence-corrected chi connectivity index (χ0v) is 13.9. The van der Waals surface area contributed by atoms with Crippen LogP contribution in [0.5, 0.6) is 0 Å². The van der Waals surface area contributed by atoms with Crippen LogP contribution in [-0.4, -0.2) is 27.3 Å². The molecule has 0 atom stereocenters. The van der Waals surface area contributed by atoms with Gasteiger partial charge in [-0.05, 0) is 24.8 Å². The van der Waals surface area contributed by atoms with Crippen molar-refractivity contribution in [3.63, 3.8) is 0 Å². The van der Waals surface area contributed by atoms with Gasteiger partial charge in [-0.3, -0.25) is 4.79 Å². The van der Waals surface area contributed by atoms with E-state index >= 15 is 0 Å². The first-order valence-corrected chi connectivity index (χ1v) is 9.13. The maximum atomic E-state index is 12.7. The maximum Gasteiger partial charge on any atom is 0.226 e. The van der Waals surface area contributed by atoms with Gasteiger partial charge in [0, 0.05) is 17.3 Å². The quantitative estimate of drug-likeness (QED) is 0.744. The number of aromatic nitrogens is 2. The van der Waals surface area contributed by atoms with E-state index in [1.54, 1.807) is 11.3 Å². The number of nitrogens with zero attached hydrogens (tertiary/aromatic N) is 3. The van der Waals surface area contributed by atoms with Gasteiger partial charge in [0.25, 0.3) is 0 Å². The second-order valence-electron chi connectivity index (χ2n) is 6.19. The van der Waals surface area contributed by atoms with Crippen LogP contribution in [0, 0.1) is 5.92 Å². The zero-order valence-electron chi connectivity index (χ0n) is 12.3. The van der Waals surface area contributed by atoms with E-state index in [1.165, 1.54) is 36.0 Å². The molecule has 6 heteroatoms. The van der Waals surface area contributed by atoms with Crippen molar-refractivity contribution < 1.29 is 4.79 Å². The fraction of sp³-hybridized carbons (Fsp3) is 0.562. The van der Waals surface area contributed by atoms with Gasteiger partial charge in [-0.1, -0.05) is 30.9 Å². The number of carbonyl (C=O) groups is 1. The number of hydrogen-bond acceptors (Lipinski definition) is 4. The standard InChI is InChI=1S/C16H18ClN3OS/c17-14-13-11-6-7-20(16(21)10-4-2-1-3-5-10)8-12(11)22-15(13)19-9-18-14/h9-10H,1-8H2. The number of hydrogen-bond donors (Lipinski definition) is 0. The molecule has 2 aliphatic rings. The van der Waals surface area contributed by atoms with Crippen LogP contribution in [0.2, 0.25) is 5.15 Å². The summed E-state index contributed by atoms with van der Waals surface area (Å²) in [5.41, 5.74) is 1.25. The highest BCUT2D eigenvalue weighted by atomic mass is 35.5. The SMILES string of the molecule is O=C(C1CCCCC1)N1CCc2c(sc3ncnc(Cl)c23)C1. The van der Waals surface area contributed by atoms with Crippen LogP contribution in [0.15, 0.2) is 6.33 Å². The molecule has 1 aliphatic heterocycles. The Morgan fingerprint density at radius 2 is 2.09 bits per heavy atom. The Labute approximate surface area is 138 Å². The molecule has 2 aromatic rings. The van der Waals surface area contributed by atoms with Crippen LogP contribution in [0.1, 0.15) is 42.5 Å². The molecular formula is C16H18ClN3OS. The number of carbonyl (C=O) groups excluding carboxylic acids is 1. The van der Waals surface area contributed by atoms with Crippen molar-refractivity contribution in [2.24, 2.45) is 5.92 Å². The van der Waals surface area contributed by atoms with Crippen LogP contribution in [0.3, 0.4) is 0 Å². The molecule has 116 valence electrons. The maximum absolute atomic E-state index is 12.7. The minimum Gasteiger partial charge on any atom is -0.337 e. The molecule has 0 saturated heterocycles. The fourth-order valence-corrected chi connectivity index (χ4v) is 5.19. The van der Waals surface area contributed by atoms with E-state index in [1.807, 2.05) is 4.90 Å². The molecule has 0 unspecified atom stereocenters. The Kier molecular flexibility index (Phi) is 3.78. The molecule has 1 aliphatic carbocycles. The van der Waals surface area contributed by atoms with Crippen molar-refractivity contribution in [2.45, 2.75) is 45.1 Å². The lowest BCUT2D eigenvalue weighted by Gasteiger charge is -2.32. The van der Waals surface area contributed by atoms with Gasteiger partial charge in [0.05, 0.1) is 11.9 Å². The minimum absolute atomic E-state index is 0.244. The van der Waals surface area contributed by atoms with Gasteiger partial charge in [-0.2, -0.15) is 0 Å². The van der Waals surface area contributed by atoms with Crippen molar-refractivity contribution in [1.29, 1.82) is 0 Å². The van der Waals surface area contributed by atoms with Gasteiger partial charge in [0.15, 0.2) is 0 Å². The molecule has 0 radical (unpaired) electrons. The molecule has 22 heavy (non-hydrogen) atoms. The fourth-order valence-electron chi connectivity index (χ4n) is 3.69. The second kappa shape index (κ2) is 5.78. The Morgan fingerprint density at radius 3 is 2.91 bits per heavy atom. The summed E-state index contributed by atoms with van der Waals surface area (Å²) in [6.07, 6.45) is 8.17. The monoisotopic (exact) mass is 335 g/mol. The molecule has 0 N–H and O–H groups in total. The Bertz CT molecular complexity index is 723. The molecule has 1 saturated carbocycles. The van der Waals surface area contributed by atoms with Crippen LogP contribution >= 0.6 is 22.9 Å². The van der Waals surface area contributed by atoms with E-state index in [9.17, 15) is 4.79 Å². The average Bonchev–Trinajstić information content (AvgIpc) is 2.93. The first kappa shape index (κ1) is 14.4. The third-order valence-corrected chi connectivity index (χ3v) is 6.27. The molecule has 1 fully saturated rings. The summed E-state index contributed by atoms with van der Waals surface area (Å²) in [7, 11) is 0. The molecule has 0 spiro atoms.